The Bertz CT molecular complexity index is 485. The number of amides is 3. The van der Waals surface area contributed by atoms with E-state index in [0.717, 1.165) is 0 Å². The predicted molar refractivity (Wildman–Crippen MR) is 74.1 cm³/mol. The predicted octanol–water partition coefficient (Wildman–Crippen LogP) is 0.0821. The number of anilines is 2. The van der Waals surface area contributed by atoms with Crippen LogP contribution in [0.2, 0.25) is 0 Å². The molecule has 108 valence electrons. The summed E-state index contributed by atoms with van der Waals surface area (Å²) in [7, 11) is 0. The maximum atomic E-state index is 11.5. The summed E-state index contributed by atoms with van der Waals surface area (Å²) in [4.78, 5) is 33.7. The standard InChI is InChI=1S/C13H17N3O4/c1-9(18)15-10-3-5-11(6-4-10)16-13(20)12(19)14-7-2-8-17/h3-6,17H,2,7-8H2,1H3,(H,14,19)(H,15,18)(H,16,20). The van der Waals surface area contributed by atoms with E-state index in [9.17, 15) is 14.4 Å². The van der Waals surface area contributed by atoms with E-state index in [-0.39, 0.29) is 19.1 Å². The fourth-order valence-electron chi connectivity index (χ4n) is 1.39. The average molecular weight is 279 g/mol. The highest BCUT2D eigenvalue weighted by Gasteiger charge is 2.12. The van der Waals surface area contributed by atoms with Crippen molar-refractivity contribution in [2.75, 3.05) is 23.8 Å². The van der Waals surface area contributed by atoms with Crippen LogP contribution in [0, 0.1) is 0 Å². The van der Waals surface area contributed by atoms with Crippen molar-refractivity contribution in [1.29, 1.82) is 0 Å². The van der Waals surface area contributed by atoms with Gasteiger partial charge in [-0.3, -0.25) is 14.4 Å². The topological polar surface area (TPSA) is 108 Å². The fourth-order valence-corrected chi connectivity index (χ4v) is 1.39. The van der Waals surface area contributed by atoms with Gasteiger partial charge in [-0.05, 0) is 30.7 Å². The minimum absolute atomic E-state index is 0.0491. The minimum Gasteiger partial charge on any atom is -0.396 e. The first-order valence-corrected chi connectivity index (χ1v) is 6.10. The molecule has 7 heteroatoms. The molecule has 1 aromatic rings. The molecule has 3 amide bonds. The summed E-state index contributed by atoms with van der Waals surface area (Å²) in [5.74, 6) is -1.73. The van der Waals surface area contributed by atoms with Crippen LogP contribution in [-0.2, 0) is 14.4 Å². The lowest BCUT2D eigenvalue weighted by Gasteiger charge is -2.07. The van der Waals surface area contributed by atoms with Crippen LogP contribution in [0.4, 0.5) is 11.4 Å². The molecule has 0 unspecified atom stereocenters. The third-order valence-corrected chi connectivity index (χ3v) is 2.29. The van der Waals surface area contributed by atoms with Crippen LogP contribution >= 0.6 is 0 Å². The van der Waals surface area contributed by atoms with Gasteiger partial charge in [0.1, 0.15) is 0 Å². The van der Waals surface area contributed by atoms with Crippen LogP contribution in [0.3, 0.4) is 0 Å². The van der Waals surface area contributed by atoms with Gasteiger partial charge in [-0.15, -0.1) is 0 Å². The number of carbonyl (C=O) groups is 3. The zero-order valence-electron chi connectivity index (χ0n) is 11.1. The summed E-state index contributed by atoms with van der Waals surface area (Å²) in [5.41, 5.74) is 1.05. The normalized spacial score (nSPS) is 9.70. The number of benzene rings is 1. The Balaban J connectivity index is 2.49. The second-order valence-electron chi connectivity index (χ2n) is 4.05. The smallest absolute Gasteiger partial charge is 0.313 e. The van der Waals surface area contributed by atoms with Crippen LogP contribution in [0.1, 0.15) is 13.3 Å². The Morgan fingerprint density at radius 2 is 1.55 bits per heavy atom. The van der Waals surface area contributed by atoms with E-state index in [0.29, 0.717) is 17.8 Å². The Morgan fingerprint density at radius 3 is 2.05 bits per heavy atom. The molecular formula is C13H17N3O4. The highest BCUT2D eigenvalue weighted by molar-refractivity contribution is 6.39. The third kappa shape index (κ3) is 5.49. The Labute approximate surface area is 116 Å². The van der Waals surface area contributed by atoms with Gasteiger partial charge in [0, 0.05) is 31.5 Å². The van der Waals surface area contributed by atoms with Gasteiger partial charge >= 0.3 is 11.8 Å². The Morgan fingerprint density at radius 1 is 1.00 bits per heavy atom. The van der Waals surface area contributed by atoms with Gasteiger partial charge in [-0.1, -0.05) is 0 Å². The molecule has 0 spiro atoms. The number of nitrogens with one attached hydrogen (secondary N) is 3. The molecule has 0 fully saturated rings. The molecule has 0 atom stereocenters. The van der Waals surface area contributed by atoms with E-state index < -0.39 is 11.8 Å². The van der Waals surface area contributed by atoms with E-state index in [1.54, 1.807) is 24.3 Å². The maximum absolute atomic E-state index is 11.5. The van der Waals surface area contributed by atoms with Crippen LogP contribution in [-0.4, -0.2) is 36.0 Å². The lowest BCUT2D eigenvalue weighted by molar-refractivity contribution is -0.136. The average Bonchev–Trinajstić information content (AvgIpc) is 2.40. The first-order chi connectivity index (χ1) is 9.52. The Hall–Kier alpha value is -2.41. The summed E-state index contributed by atoms with van der Waals surface area (Å²) in [6.07, 6.45) is 0.393. The molecule has 4 N–H and O–H groups in total. The van der Waals surface area contributed by atoms with Crippen molar-refractivity contribution < 1.29 is 19.5 Å². The Kier molecular flexibility index (Phi) is 6.18. The number of aliphatic hydroxyl groups excluding tert-OH is 1. The van der Waals surface area contributed by atoms with Gasteiger partial charge in [-0.25, -0.2) is 0 Å². The molecule has 1 aromatic carbocycles. The monoisotopic (exact) mass is 279 g/mol. The lowest BCUT2D eigenvalue weighted by atomic mass is 10.2. The lowest BCUT2D eigenvalue weighted by Crippen LogP contribution is -2.36. The molecule has 20 heavy (non-hydrogen) atoms. The summed E-state index contributed by atoms with van der Waals surface area (Å²) < 4.78 is 0. The highest BCUT2D eigenvalue weighted by Crippen LogP contribution is 2.13. The van der Waals surface area contributed by atoms with E-state index in [1.807, 2.05) is 0 Å². The van der Waals surface area contributed by atoms with E-state index in [2.05, 4.69) is 16.0 Å². The van der Waals surface area contributed by atoms with Gasteiger partial charge in [0.25, 0.3) is 0 Å². The zero-order chi connectivity index (χ0) is 15.0. The van der Waals surface area contributed by atoms with Crippen molar-refractivity contribution in [2.45, 2.75) is 13.3 Å². The molecule has 0 heterocycles. The molecular weight excluding hydrogens is 262 g/mol. The number of aliphatic hydroxyl groups is 1. The van der Waals surface area contributed by atoms with Gasteiger partial charge in [0.05, 0.1) is 0 Å². The molecule has 0 radical (unpaired) electrons. The molecule has 0 saturated heterocycles. The molecule has 1 rings (SSSR count). The van der Waals surface area contributed by atoms with Crippen molar-refractivity contribution in [1.82, 2.24) is 5.32 Å². The van der Waals surface area contributed by atoms with Crippen molar-refractivity contribution in [3.8, 4) is 0 Å². The van der Waals surface area contributed by atoms with Gasteiger partial charge in [-0.2, -0.15) is 0 Å². The molecule has 7 nitrogen and oxygen atoms in total. The third-order valence-electron chi connectivity index (χ3n) is 2.29. The maximum Gasteiger partial charge on any atom is 0.313 e. The van der Waals surface area contributed by atoms with Gasteiger partial charge in [0.15, 0.2) is 0 Å². The van der Waals surface area contributed by atoms with Crippen LogP contribution in [0.15, 0.2) is 24.3 Å². The molecule has 0 aliphatic carbocycles. The SMILES string of the molecule is CC(=O)Nc1ccc(NC(=O)C(=O)NCCCO)cc1. The van der Waals surface area contributed by atoms with E-state index in [1.165, 1.54) is 6.92 Å². The van der Waals surface area contributed by atoms with Crippen molar-refractivity contribution in [3.63, 3.8) is 0 Å². The molecule has 0 aromatic heterocycles. The van der Waals surface area contributed by atoms with Crippen LogP contribution < -0.4 is 16.0 Å². The van der Waals surface area contributed by atoms with Gasteiger partial charge < -0.3 is 21.1 Å². The molecule has 0 bridgehead atoms. The summed E-state index contributed by atoms with van der Waals surface area (Å²) >= 11 is 0. The molecule has 0 saturated carbocycles. The largest absolute Gasteiger partial charge is 0.396 e. The van der Waals surface area contributed by atoms with Crippen LogP contribution in [0.5, 0.6) is 0 Å². The highest BCUT2D eigenvalue weighted by atomic mass is 16.3. The first kappa shape index (κ1) is 15.6. The van der Waals surface area contributed by atoms with Crippen molar-refractivity contribution in [2.24, 2.45) is 0 Å². The minimum atomic E-state index is -0.782. The number of carbonyl (C=O) groups excluding carboxylic acids is 3. The molecule has 0 aliphatic heterocycles. The number of hydrogen-bond acceptors (Lipinski definition) is 4. The second kappa shape index (κ2) is 7.90. The number of rotatable bonds is 5. The van der Waals surface area contributed by atoms with Crippen LogP contribution in [0.25, 0.3) is 0 Å². The first-order valence-electron chi connectivity index (χ1n) is 6.10. The van der Waals surface area contributed by atoms with Crippen molar-refractivity contribution >= 4 is 29.1 Å². The zero-order valence-corrected chi connectivity index (χ0v) is 11.1. The second-order valence-corrected chi connectivity index (χ2v) is 4.05. The molecule has 0 aliphatic rings. The summed E-state index contributed by atoms with van der Waals surface area (Å²) in [6, 6.07) is 6.37. The van der Waals surface area contributed by atoms with E-state index in [4.69, 9.17) is 5.11 Å². The summed E-state index contributed by atoms with van der Waals surface area (Å²) in [6.45, 7) is 1.59. The van der Waals surface area contributed by atoms with Gasteiger partial charge in [0.2, 0.25) is 5.91 Å². The van der Waals surface area contributed by atoms with Crippen molar-refractivity contribution in [3.05, 3.63) is 24.3 Å². The quantitative estimate of drug-likeness (QED) is 0.452. The number of hydrogen-bond donors (Lipinski definition) is 4. The summed E-state index contributed by atoms with van der Waals surface area (Å²) in [5, 5.41) is 15.9. The fraction of sp³-hybridized carbons (Fsp3) is 0.308. The van der Waals surface area contributed by atoms with E-state index >= 15 is 0 Å².